The van der Waals surface area contributed by atoms with Gasteiger partial charge in [0.25, 0.3) is 0 Å². The van der Waals surface area contributed by atoms with Gasteiger partial charge in [0.2, 0.25) is 0 Å². The first-order valence-corrected chi connectivity index (χ1v) is 5.45. The van der Waals surface area contributed by atoms with Gasteiger partial charge in [0.15, 0.2) is 11.6 Å². The first-order valence-electron chi connectivity index (χ1n) is 5.45. The van der Waals surface area contributed by atoms with E-state index < -0.39 is 17.5 Å². The van der Waals surface area contributed by atoms with Gasteiger partial charge in [-0.25, -0.2) is 13.2 Å². The van der Waals surface area contributed by atoms with E-state index in [0.717, 1.165) is 11.8 Å². The topological polar surface area (TPSA) is 24.9 Å². The van der Waals surface area contributed by atoms with E-state index in [1.54, 1.807) is 12.3 Å². The Bertz CT molecular complexity index is 529. The largest absolute Gasteiger partial charge is 0.382 e. The van der Waals surface area contributed by atoms with Crippen molar-refractivity contribution in [2.75, 3.05) is 11.9 Å². The van der Waals surface area contributed by atoms with E-state index >= 15 is 0 Å². The van der Waals surface area contributed by atoms with Crippen LogP contribution in [0, 0.1) is 17.5 Å². The minimum absolute atomic E-state index is 0.177. The van der Waals surface area contributed by atoms with E-state index in [4.69, 9.17) is 0 Å². The second kappa shape index (κ2) is 5.53. The van der Waals surface area contributed by atoms with Gasteiger partial charge in [0.1, 0.15) is 5.82 Å². The predicted octanol–water partition coefficient (Wildman–Crippen LogP) is 3.15. The summed E-state index contributed by atoms with van der Waals surface area (Å²) < 4.78 is 39.1. The molecule has 2 nitrogen and oxygen atoms in total. The minimum atomic E-state index is -1.20. The van der Waals surface area contributed by atoms with Crippen LogP contribution in [0.3, 0.4) is 0 Å². The molecule has 2 aromatic rings. The summed E-state index contributed by atoms with van der Waals surface area (Å²) in [5, 5.41) is 2.65. The SMILES string of the molecule is Fc1cc(F)c(F)c(NCCc2ccccn2)c1. The number of pyridine rings is 1. The Morgan fingerprint density at radius 1 is 1.11 bits per heavy atom. The lowest BCUT2D eigenvalue weighted by molar-refractivity contribution is 0.497. The van der Waals surface area contributed by atoms with E-state index in [2.05, 4.69) is 10.3 Å². The molecular weight excluding hydrogens is 241 g/mol. The van der Waals surface area contributed by atoms with Gasteiger partial charge in [-0.2, -0.15) is 0 Å². The number of hydrogen-bond acceptors (Lipinski definition) is 2. The Balaban J connectivity index is 1.99. The van der Waals surface area contributed by atoms with E-state index in [1.807, 2.05) is 12.1 Å². The van der Waals surface area contributed by atoms with Crippen LogP contribution in [0.2, 0.25) is 0 Å². The number of nitrogens with one attached hydrogen (secondary N) is 1. The highest BCUT2D eigenvalue weighted by molar-refractivity contribution is 5.45. The summed E-state index contributed by atoms with van der Waals surface area (Å²) >= 11 is 0. The molecule has 0 saturated heterocycles. The number of aromatic nitrogens is 1. The monoisotopic (exact) mass is 252 g/mol. The first-order chi connectivity index (χ1) is 8.66. The fourth-order valence-corrected chi connectivity index (χ4v) is 1.56. The van der Waals surface area contributed by atoms with Crippen molar-refractivity contribution < 1.29 is 13.2 Å². The van der Waals surface area contributed by atoms with Crippen molar-refractivity contribution in [3.8, 4) is 0 Å². The number of anilines is 1. The molecule has 0 atom stereocenters. The van der Waals surface area contributed by atoms with E-state index in [1.165, 1.54) is 0 Å². The molecule has 5 heteroatoms. The third kappa shape index (κ3) is 3.00. The summed E-state index contributed by atoms with van der Waals surface area (Å²) in [5.74, 6) is -3.08. The highest BCUT2D eigenvalue weighted by Crippen LogP contribution is 2.18. The molecule has 0 radical (unpaired) electrons. The molecule has 2 rings (SSSR count). The molecule has 1 aromatic carbocycles. The van der Waals surface area contributed by atoms with Crippen LogP contribution in [-0.4, -0.2) is 11.5 Å². The van der Waals surface area contributed by atoms with Crippen molar-refractivity contribution in [1.82, 2.24) is 4.98 Å². The Hall–Kier alpha value is -2.04. The number of rotatable bonds is 4. The molecule has 0 saturated carbocycles. The zero-order valence-electron chi connectivity index (χ0n) is 9.46. The van der Waals surface area contributed by atoms with Gasteiger partial charge in [-0.15, -0.1) is 0 Å². The second-order valence-electron chi connectivity index (χ2n) is 3.75. The first kappa shape index (κ1) is 12.4. The van der Waals surface area contributed by atoms with Gasteiger partial charge >= 0.3 is 0 Å². The van der Waals surface area contributed by atoms with Crippen LogP contribution >= 0.6 is 0 Å². The van der Waals surface area contributed by atoms with Crippen LogP contribution in [-0.2, 0) is 6.42 Å². The Kier molecular flexibility index (Phi) is 3.82. The second-order valence-corrected chi connectivity index (χ2v) is 3.75. The lowest BCUT2D eigenvalue weighted by Gasteiger charge is -2.08. The lowest BCUT2D eigenvalue weighted by atomic mass is 10.2. The average Bonchev–Trinajstić information content (AvgIpc) is 2.36. The highest BCUT2D eigenvalue weighted by Gasteiger charge is 2.10. The van der Waals surface area contributed by atoms with Crippen LogP contribution in [0.25, 0.3) is 0 Å². The summed E-state index contributed by atoms with van der Waals surface area (Å²) in [5.41, 5.74) is 0.644. The van der Waals surface area contributed by atoms with Crippen molar-refractivity contribution >= 4 is 5.69 Å². The Morgan fingerprint density at radius 2 is 1.94 bits per heavy atom. The van der Waals surface area contributed by atoms with Crippen molar-refractivity contribution in [3.63, 3.8) is 0 Å². The maximum absolute atomic E-state index is 13.3. The molecular formula is C13H11F3N2. The summed E-state index contributed by atoms with van der Waals surface area (Å²) in [4.78, 5) is 4.09. The van der Waals surface area contributed by atoms with E-state index in [-0.39, 0.29) is 5.69 Å². The maximum Gasteiger partial charge on any atom is 0.182 e. The van der Waals surface area contributed by atoms with Crippen LogP contribution < -0.4 is 5.32 Å². The van der Waals surface area contributed by atoms with Crippen LogP contribution in [0.1, 0.15) is 5.69 Å². The van der Waals surface area contributed by atoms with Crippen LogP contribution in [0.4, 0.5) is 18.9 Å². The molecule has 94 valence electrons. The molecule has 0 aliphatic rings. The van der Waals surface area contributed by atoms with Gasteiger partial charge in [-0.05, 0) is 12.1 Å². The van der Waals surface area contributed by atoms with Crippen molar-refractivity contribution in [1.29, 1.82) is 0 Å². The molecule has 0 aliphatic carbocycles. The summed E-state index contributed by atoms with van der Waals surface area (Å²) in [6.07, 6.45) is 2.19. The lowest BCUT2D eigenvalue weighted by Crippen LogP contribution is -2.08. The molecule has 0 bridgehead atoms. The van der Waals surface area contributed by atoms with Crippen molar-refractivity contribution in [2.45, 2.75) is 6.42 Å². The molecule has 1 N–H and O–H groups in total. The summed E-state index contributed by atoms with van der Waals surface area (Å²) in [6, 6.07) is 6.89. The van der Waals surface area contributed by atoms with Gasteiger partial charge in [-0.1, -0.05) is 6.07 Å². The van der Waals surface area contributed by atoms with Crippen molar-refractivity contribution in [2.24, 2.45) is 0 Å². The van der Waals surface area contributed by atoms with Crippen LogP contribution in [0.5, 0.6) is 0 Å². The Morgan fingerprint density at radius 3 is 2.67 bits per heavy atom. The van der Waals surface area contributed by atoms with Crippen molar-refractivity contribution in [3.05, 3.63) is 59.7 Å². The van der Waals surface area contributed by atoms with Crippen LogP contribution in [0.15, 0.2) is 36.5 Å². The third-order valence-electron chi connectivity index (χ3n) is 2.42. The van der Waals surface area contributed by atoms with Gasteiger partial charge in [0.05, 0.1) is 5.69 Å². The molecule has 0 amide bonds. The predicted molar refractivity (Wildman–Crippen MR) is 62.7 cm³/mol. The van der Waals surface area contributed by atoms with Gasteiger partial charge < -0.3 is 5.32 Å². The molecule has 0 fully saturated rings. The molecule has 1 aromatic heterocycles. The minimum Gasteiger partial charge on any atom is -0.382 e. The summed E-state index contributed by atoms with van der Waals surface area (Å²) in [6.45, 7) is 0.344. The molecule has 1 heterocycles. The zero-order chi connectivity index (χ0) is 13.0. The molecule has 0 spiro atoms. The number of benzene rings is 1. The maximum atomic E-state index is 13.3. The quantitative estimate of drug-likeness (QED) is 0.845. The average molecular weight is 252 g/mol. The standard InChI is InChI=1S/C13H11F3N2/c14-9-7-11(15)13(16)12(8-9)18-6-4-10-3-1-2-5-17-10/h1-3,5,7-8,18H,4,6H2. The third-order valence-corrected chi connectivity index (χ3v) is 2.42. The number of hydrogen-bond donors (Lipinski definition) is 1. The smallest absolute Gasteiger partial charge is 0.182 e. The Labute approximate surface area is 102 Å². The van der Waals surface area contributed by atoms with E-state index in [9.17, 15) is 13.2 Å². The number of halogens is 3. The molecule has 0 unspecified atom stereocenters. The van der Waals surface area contributed by atoms with Gasteiger partial charge in [-0.3, -0.25) is 4.98 Å². The highest BCUT2D eigenvalue weighted by atomic mass is 19.2. The zero-order valence-corrected chi connectivity index (χ0v) is 9.46. The number of nitrogens with zero attached hydrogens (tertiary/aromatic N) is 1. The van der Waals surface area contributed by atoms with Gasteiger partial charge in [0, 0.05) is 37.0 Å². The normalized spacial score (nSPS) is 10.4. The van der Waals surface area contributed by atoms with E-state index in [0.29, 0.717) is 19.0 Å². The molecule has 0 aliphatic heterocycles. The summed E-state index contributed by atoms with van der Waals surface area (Å²) in [7, 11) is 0. The molecule has 18 heavy (non-hydrogen) atoms. The fourth-order valence-electron chi connectivity index (χ4n) is 1.56. The fraction of sp³-hybridized carbons (Fsp3) is 0.154.